The molecule has 0 bridgehead atoms. The summed E-state index contributed by atoms with van der Waals surface area (Å²) in [5.74, 6) is 0.0392. The summed E-state index contributed by atoms with van der Waals surface area (Å²) in [5, 5.41) is 6.09. The topological polar surface area (TPSA) is 50.4 Å². The van der Waals surface area contributed by atoms with Crippen LogP contribution in [0.2, 0.25) is 0 Å². The third kappa shape index (κ3) is 6.57. The van der Waals surface area contributed by atoms with E-state index in [1.54, 1.807) is 0 Å². The summed E-state index contributed by atoms with van der Waals surface area (Å²) in [4.78, 5) is 11.9. The van der Waals surface area contributed by atoms with Crippen LogP contribution in [0, 0.1) is 0 Å². The molecular formula is C13H27ClN2O2. The van der Waals surface area contributed by atoms with Gasteiger partial charge in [-0.3, -0.25) is 4.79 Å². The highest BCUT2D eigenvalue weighted by Gasteiger charge is 2.23. The van der Waals surface area contributed by atoms with Crippen LogP contribution < -0.4 is 10.6 Å². The second kappa shape index (κ2) is 10.6. The number of halogens is 1. The van der Waals surface area contributed by atoms with E-state index in [9.17, 15) is 4.79 Å². The van der Waals surface area contributed by atoms with Crippen molar-refractivity contribution in [1.29, 1.82) is 0 Å². The molecule has 1 aliphatic rings. The summed E-state index contributed by atoms with van der Waals surface area (Å²) >= 11 is 0. The van der Waals surface area contributed by atoms with Crippen molar-refractivity contribution in [2.24, 2.45) is 0 Å². The standard InChI is InChI=1S/C13H26N2O2.ClH/c1-3-12(17-11-7-5-6-8-11)13(16)15-10-9-14-4-2;/h11-12,14H,3-10H2,1-2H3,(H,15,16);1H. The predicted molar refractivity (Wildman–Crippen MR) is 76.2 cm³/mol. The van der Waals surface area contributed by atoms with Gasteiger partial charge in [-0.1, -0.05) is 26.7 Å². The molecular weight excluding hydrogens is 252 g/mol. The lowest BCUT2D eigenvalue weighted by Gasteiger charge is -2.20. The summed E-state index contributed by atoms with van der Waals surface area (Å²) in [6, 6.07) is 0. The van der Waals surface area contributed by atoms with Crippen molar-refractivity contribution in [2.75, 3.05) is 19.6 Å². The van der Waals surface area contributed by atoms with Crippen molar-refractivity contribution in [3.05, 3.63) is 0 Å². The maximum Gasteiger partial charge on any atom is 0.249 e. The predicted octanol–water partition coefficient (Wildman–Crippen LogP) is 1.87. The van der Waals surface area contributed by atoms with Crippen molar-refractivity contribution in [1.82, 2.24) is 10.6 Å². The third-order valence-corrected chi connectivity index (χ3v) is 3.17. The first-order chi connectivity index (χ1) is 8.27. The Morgan fingerprint density at radius 3 is 2.50 bits per heavy atom. The average Bonchev–Trinajstić information content (AvgIpc) is 2.84. The van der Waals surface area contributed by atoms with Crippen molar-refractivity contribution >= 4 is 18.3 Å². The van der Waals surface area contributed by atoms with Crippen molar-refractivity contribution in [2.45, 2.75) is 58.2 Å². The molecule has 108 valence electrons. The number of amides is 1. The summed E-state index contributed by atoms with van der Waals surface area (Å²) in [6.07, 6.45) is 5.50. The molecule has 1 fully saturated rings. The Bertz CT molecular complexity index is 221. The minimum absolute atomic E-state index is 0. The molecule has 0 aromatic heterocycles. The Balaban J connectivity index is 0.00000289. The first kappa shape index (κ1) is 17.7. The molecule has 0 aliphatic heterocycles. The molecule has 0 spiro atoms. The summed E-state index contributed by atoms with van der Waals surface area (Å²) < 4.78 is 5.85. The van der Waals surface area contributed by atoms with Crippen molar-refractivity contribution in [3.8, 4) is 0 Å². The molecule has 1 saturated carbocycles. The number of carbonyl (C=O) groups is 1. The number of ether oxygens (including phenoxy) is 1. The lowest BCUT2D eigenvalue weighted by Crippen LogP contribution is -2.40. The van der Waals surface area contributed by atoms with Crippen LogP contribution in [0.25, 0.3) is 0 Å². The van der Waals surface area contributed by atoms with E-state index < -0.39 is 0 Å². The molecule has 0 aromatic rings. The van der Waals surface area contributed by atoms with Gasteiger partial charge in [0, 0.05) is 13.1 Å². The zero-order valence-electron chi connectivity index (χ0n) is 11.5. The highest BCUT2D eigenvalue weighted by atomic mass is 35.5. The van der Waals surface area contributed by atoms with E-state index in [1.165, 1.54) is 12.8 Å². The molecule has 1 amide bonds. The van der Waals surface area contributed by atoms with E-state index >= 15 is 0 Å². The number of hydrogen-bond acceptors (Lipinski definition) is 3. The Kier molecular flexibility index (Phi) is 10.4. The smallest absolute Gasteiger partial charge is 0.249 e. The fourth-order valence-electron chi connectivity index (χ4n) is 2.16. The van der Waals surface area contributed by atoms with Gasteiger partial charge in [0.2, 0.25) is 5.91 Å². The largest absolute Gasteiger partial charge is 0.365 e. The molecule has 0 aromatic carbocycles. The Hall–Kier alpha value is -0.320. The fourth-order valence-corrected chi connectivity index (χ4v) is 2.16. The second-order valence-electron chi connectivity index (χ2n) is 4.58. The van der Waals surface area contributed by atoms with E-state index in [0.29, 0.717) is 12.6 Å². The van der Waals surface area contributed by atoms with Crippen LogP contribution in [0.1, 0.15) is 46.0 Å². The van der Waals surface area contributed by atoms with Gasteiger partial charge >= 0.3 is 0 Å². The van der Waals surface area contributed by atoms with Crippen molar-refractivity contribution in [3.63, 3.8) is 0 Å². The molecule has 2 N–H and O–H groups in total. The summed E-state index contributed by atoms with van der Waals surface area (Å²) in [7, 11) is 0. The Morgan fingerprint density at radius 2 is 1.94 bits per heavy atom. The molecule has 5 heteroatoms. The molecule has 1 rings (SSSR count). The first-order valence-electron chi connectivity index (χ1n) is 6.91. The minimum atomic E-state index is -0.264. The number of carbonyl (C=O) groups excluding carboxylic acids is 1. The molecule has 0 radical (unpaired) electrons. The van der Waals surface area contributed by atoms with E-state index in [4.69, 9.17) is 4.74 Å². The molecule has 0 saturated heterocycles. The van der Waals surface area contributed by atoms with Crippen LogP contribution in [0.4, 0.5) is 0 Å². The normalized spacial score (nSPS) is 17.2. The quantitative estimate of drug-likeness (QED) is 0.667. The van der Waals surface area contributed by atoms with E-state index in [-0.39, 0.29) is 24.4 Å². The van der Waals surface area contributed by atoms with Gasteiger partial charge in [0.05, 0.1) is 6.10 Å². The van der Waals surface area contributed by atoms with Crippen LogP contribution in [0.5, 0.6) is 0 Å². The number of nitrogens with one attached hydrogen (secondary N) is 2. The van der Waals surface area contributed by atoms with Crippen LogP contribution >= 0.6 is 12.4 Å². The molecule has 18 heavy (non-hydrogen) atoms. The van der Waals surface area contributed by atoms with Crippen LogP contribution in [-0.2, 0) is 9.53 Å². The number of likely N-dealkylation sites (N-methyl/N-ethyl adjacent to an activating group) is 1. The molecule has 1 aliphatic carbocycles. The van der Waals surface area contributed by atoms with Crippen LogP contribution in [0.3, 0.4) is 0 Å². The van der Waals surface area contributed by atoms with Gasteiger partial charge in [0.25, 0.3) is 0 Å². The van der Waals surface area contributed by atoms with Crippen LogP contribution in [-0.4, -0.2) is 37.7 Å². The van der Waals surface area contributed by atoms with Gasteiger partial charge in [0.1, 0.15) is 6.10 Å². The SMILES string of the molecule is CCNCCNC(=O)C(CC)OC1CCCC1.Cl. The molecule has 1 atom stereocenters. The lowest BCUT2D eigenvalue weighted by molar-refractivity contribution is -0.136. The fraction of sp³-hybridized carbons (Fsp3) is 0.923. The highest BCUT2D eigenvalue weighted by molar-refractivity contribution is 5.85. The monoisotopic (exact) mass is 278 g/mol. The average molecular weight is 279 g/mol. The van der Waals surface area contributed by atoms with Gasteiger partial charge in [-0.15, -0.1) is 12.4 Å². The van der Waals surface area contributed by atoms with Crippen molar-refractivity contribution < 1.29 is 9.53 Å². The summed E-state index contributed by atoms with van der Waals surface area (Å²) in [6.45, 7) is 6.49. The van der Waals surface area contributed by atoms with E-state index in [0.717, 1.165) is 32.4 Å². The van der Waals surface area contributed by atoms with Gasteiger partial charge in [-0.25, -0.2) is 0 Å². The Labute approximate surface area is 117 Å². The summed E-state index contributed by atoms with van der Waals surface area (Å²) in [5.41, 5.74) is 0. The molecule has 1 unspecified atom stereocenters. The molecule has 0 heterocycles. The number of rotatable bonds is 8. The lowest BCUT2D eigenvalue weighted by atomic mass is 10.2. The van der Waals surface area contributed by atoms with Gasteiger partial charge < -0.3 is 15.4 Å². The van der Waals surface area contributed by atoms with Crippen LogP contribution in [0.15, 0.2) is 0 Å². The number of hydrogen-bond donors (Lipinski definition) is 2. The first-order valence-corrected chi connectivity index (χ1v) is 6.91. The second-order valence-corrected chi connectivity index (χ2v) is 4.58. The minimum Gasteiger partial charge on any atom is -0.365 e. The van der Waals surface area contributed by atoms with Gasteiger partial charge in [-0.2, -0.15) is 0 Å². The zero-order chi connectivity index (χ0) is 12.5. The van der Waals surface area contributed by atoms with Gasteiger partial charge in [-0.05, 0) is 25.8 Å². The maximum absolute atomic E-state index is 11.9. The van der Waals surface area contributed by atoms with Gasteiger partial charge in [0.15, 0.2) is 0 Å². The zero-order valence-corrected chi connectivity index (χ0v) is 12.4. The van der Waals surface area contributed by atoms with E-state index in [1.807, 2.05) is 6.92 Å². The third-order valence-electron chi connectivity index (χ3n) is 3.17. The maximum atomic E-state index is 11.9. The highest BCUT2D eigenvalue weighted by Crippen LogP contribution is 2.22. The van der Waals surface area contributed by atoms with E-state index in [2.05, 4.69) is 17.6 Å². The Morgan fingerprint density at radius 1 is 1.28 bits per heavy atom. The molecule has 4 nitrogen and oxygen atoms in total.